The molecule has 1 aromatic heterocycles. The van der Waals surface area contributed by atoms with Gasteiger partial charge in [0.05, 0.1) is 10.4 Å². The molecule has 3 aromatic rings. The van der Waals surface area contributed by atoms with Gasteiger partial charge in [0.25, 0.3) is 10.0 Å². The second-order valence-corrected chi connectivity index (χ2v) is 9.87. The minimum absolute atomic E-state index is 0.317. The van der Waals surface area contributed by atoms with Crippen molar-refractivity contribution in [2.45, 2.75) is 50.1 Å². The molecular formula is C22H24N2O2S. The van der Waals surface area contributed by atoms with Crippen molar-refractivity contribution in [3.8, 4) is 0 Å². The Labute approximate surface area is 160 Å². The van der Waals surface area contributed by atoms with E-state index in [2.05, 4.69) is 24.9 Å². The summed E-state index contributed by atoms with van der Waals surface area (Å²) in [6.07, 6.45) is 3.03. The summed E-state index contributed by atoms with van der Waals surface area (Å²) in [5.41, 5.74) is 5.25. The predicted molar refractivity (Wildman–Crippen MR) is 108 cm³/mol. The zero-order chi connectivity index (χ0) is 18.9. The summed E-state index contributed by atoms with van der Waals surface area (Å²) in [5.74, 6) is 0. The maximum absolute atomic E-state index is 13.6. The molecule has 0 aliphatic carbocycles. The number of rotatable bonds is 2. The number of likely N-dealkylation sites (N-methyl/N-ethyl adjacent to an activating group) is 1. The summed E-state index contributed by atoms with van der Waals surface area (Å²) >= 11 is 0. The maximum atomic E-state index is 13.6. The van der Waals surface area contributed by atoms with Crippen LogP contribution in [0.25, 0.3) is 10.9 Å². The second kappa shape index (κ2) is 5.69. The molecule has 0 saturated carbocycles. The second-order valence-electron chi connectivity index (χ2n) is 8.08. The molecular weight excluding hydrogens is 356 g/mol. The molecule has 2 aliphatic rings. The van der Waals surface area contributed by atoms with E-state index in [9.17, 15) is 8.42 Å². The quantitative estimate of drug-likeness (QED) is 0.670. The van der Waals surface area contributed by atoms with Crippen LogP contribution < -0.4 is 0 Å². The predicted octanol–water partition coefficient (Wildman–Crippen LogP) is 4.19. The van der Waals surface area contributed by atoms with Crippen LogP contribution in [0.5, 0.6) is 0 Å². The minimum Gasteiger partial charge on any atom is -0.296 e. The van der Waals surface area contributed by atoms with E-state index < -0.39 is 10.0 Å². The third-order valence-corrected chi connectivity index (χ3v) is 8.15. The van der Waals surface area contributed by atoms with Gasteiger partial charge in [0.15, 0.2) is 0 Å². The Morgan fingerprint density at radius 2 is 1.67 bits per heavy atom. The third kappa shape index (κ3) is 2.34. The van der Waals surface area contributed by atoms with Crippen LogP contribution in [0.1, 0.15) is 41.3 Å². The highest BCUT2D eigenvalue weighted by Gasteiger charge is 2.42. The number of fused-ring (bicyclic) bond motifs is 6. The molecule has 0 spiro atoms. The molecule has 27 heavy (non-hydrogen) atoms. The Kier molecular flexibility index (Phi) is 3.59. The monoisotopic (exact) mass is 380 g/mol. The average Bonchev–Trinajstić information content (AvgIpc) is 3.06. The van der Waals surface area contributed by atoms with Crippen LogP contribution in [0.15, 0.2) is 47.4 Å². The molecule has 140 valence electrons. The highest BCUT2D eigenvalue weighted by molar-refractivity contribution is 7.90. The molecule has 0 amide bonds. The van der Waals surface area contributed by atoms with E-state index >= 15 is 0 Å². The van der Waals surface area contributed by atoms with Gasteiger partial charge in [-0.05, 0) is 63.6 Å². The first-order valence-electron chi connectivity index (χ1n) is 9.56. The Bertz CT molecular complexity index is 1160. The van der Waals surface area contributed by atoms with E-state index in [0.717, 1.165) is 47.0 Å². The lowest BCUT2D eigenvalue weighted by atomic mass is 9.97. The van der Waals surface area contributed by atoms with Crippen molar-refractivity contribution in [3.63, 3.8) is 0 Å². The molecule has 5 heteroatoms. The molecule has 0 radical (unpaired) electrons. The summed E-state index contributed by atoms with van der Waals surface area (Å²) in [7, 11) is -1.45. The van der Waals surface area contributed by atoms with Gasteiger partial charge in [-0.2, -0.15) is 0 Å². The van der Waals surface area contributed by atoms with Gasteiger partial charge in [-0.3, -0.25) is 4.90 Å². The van der Waals surface area contributed by atoms with Crippen LogP contribution in [-0.2, 0) is 16.4 Å². The molecule has 2 aliphatic heterocycles. The first kappa shape index (κ1) is 17.0. The standard InChI is InChI=1S/C22H24N2O2S/c1-14-4-8-17(9-5-14)27(25,26)24-19-10-6-15(2)12-18(19)22-20-11-7-16(23(20)3)13-21(22)24/h4-6,8-10,12,16,20H,7,11,13H2,1-3H3/t16-,20+/m0/s1. The first-order valence-corrected chi connectivity index (χ1v) is 11.0. The average molecular weight is 381 g/mol. The summed E-state index contributed by atoms with van der Waals surface area (Å²) in [5, 5.41) is 1.10. The van der Waals surface area contributed by atoms with E-state index in [-0.39, 0.29) is 0 Å². The zero-order valence-corrected chi connectivity index (χ0v) is 16.8. The van der Waals surface area contributed by atoms with Crippen LogP contribution in [0, 0.1) is 13.8 Å². The van der Waals surface area contributed by atoms with Gasteiger partial charge in [-0.15, -0.1) is 0 Å². The van der Waals surface area contributed by atoms with Gasteiger partial charge in [0, 0.05) is 29.6 Å². The number of aryl methyl sites for hydroxylation is 2. The molecule has 1 saturated heterocycles. The summed E-state index contributed by atoms with van der Waals surface area (Å²) in [6, 6.07) is 14.1. The Morgan fingerprint density at radius 3 is 2.41 bits per heavy atom. The summed E-state index contributed by atoms with van der Waals surface area (Å²) in [6.45, 7) is 4.04. The largest absolute Gasteiger partial charge is 0.296 e. The van der Waals surface area contributed by atoms with Crippen molar-refractivity contribution in [1.82, 2.24) is 8.87 Å². The first-order chi connectivity index (χ1) is 12.9. The van der Waals surface area contributed by atoms with Crippen LogP contribution in [0.3, 0.4) is 0 Å². The van der Waals surface area contributed by atoms with Crippen molar-refractivity contribution in [2.24, 2.45) is 0 Å². The lowest BCUT2D eigenvalue weighted by Gasteiger charge is -2.32. The normalized spacial score (nSPS) is 22.3. The zero-order valence-electron chi connectivity index (χ0n) is 15.9. The maximum Gasteiger partial charge on any atom is 0.268 e. The number of benzene rings is 2. The fourth-order valence-corrected chi connectivity index (χ4v) is 6.51. The van der Waals surface area contributed by atoms with Crippen molar-refractivity contribution in [1.29, 1.82) is 0 Å². The van der Waals surface area contributed by atoms with Crippen molar-refractivity contribution in [2.75, 3.05) is 7.05 Å². The van der Waals surface area contributed by atoms with Crippen molar-refractivity contribution >= 4 is 20.9 Å². The molecule has 1 fully saturated rings. The molecule has 2 bridgehead atoms. The Balaban J connectivity index is 1.84. The lowest BCUT2D eigenvalue weighted by Crippen LogP contribution is -2.35. The van der Waals surface area contributed by atoms with E-state index in [4.69, 9.17) is 0 Å². The van der Waals surface area contributed by atoms with Gasteiger partial charge in [-0.1, -0.05) is 29.3 Å². The van der Waals surface area contributed by atoms with E-state index in [1.54, 1.807) is 16.1 Å². The minimum atomic E-state index is -3.63. The lowest BCUT2D eigenvalue weighted by molar-refractivity contribution is 0.224. The van der Waals surface area contributed by atoms with E-state index in [1.165, 1.54) is 5.56 Å². The van der Waals surface area contributed by atoms with E-state index in [0.29, 0.717) is 17.0 Å². The number of hydrogen-bond acceptors (Lipinski definition) is 3. The molecule has 0 unspecified atom stereocenters. The van der Waals surface area contributed by atoms with Gasteiger partial charge < -0.3 is 0 Å². The summed E-state index contributed by atoms with van der Waals surface area (Å²) < 4.78 is 28.9. The van der Waals surface area contributed by atoms with Gasteiger partial charge in [0.1, 0.15) is 0 Å². The fraction of sp³-hybridized carbons (Fsp3) is 0.364. The van der Waals surface area contributed by atoms with Crippen LogP contribution in [0.4, 0.5) is 0 Å². The van der Waals surface area contributed by atoms with Crippen molar-refractivity contribution < 1.29 is 8.42 Å². The number of nitrogens with zero attached hydrogens (tertiary/aromatic N) is 2. The van der Waals surface area contributed by atoms with Crippen molar-refractivity contribution in [3.05, 3.63) is 64.8 Å². The van der Waals surface area contributed by atoms with Gasteiger partial charge in [0.2, 0.25) is 0 Å². The molecule has 3 heterocycles. The molecule has 0 N–H and O–H groups in total. The molecule has 4 nitrogen and oxygen atoms in total. The van der Waals surface area contributed by atoms with Crippen LogP contribution in [-0.4, -0.2) is 30.4 Å². The fourth-order valence-electron chi connectivity index (χ4n) is 4.94. The summed E-state index contributed by atoms with van der Waals surface area (Å²) in [4.78, 5) is 2.80. The number of aromatic nitrogens is 1. The molecule has 2 atom stereocenters. The van der Waals surface area contributed by atoms with Gasteiger partial charge in [-0.25, -0.2) is 12.4 Å². The molecule has 5 rings (SSSR count). The molecule has 2 aromatic carbocycles. The highest BCUT2D eigenvalue weighted by atomic mass is 32.2. The van der Waals surface area contributed by atoms with Gasteiger partial charge >= 0.3 is 0 Å². The third-order valence-electron chi connectivity index (χ3n) is 6.38. The van der Waals surface area contributed by atoms with Crippen LogP contribution >= 0.6 is 0 Å². The smallest absolute Gasteiger partial charge is 0.268 e. The van der Waals surface area contributed by atoms with E-state index in [1.807, 2.05) is 31.2 Å². The Hall–Kier alpha value is -2.11. The SMILES string of the molecule is Cc1ccc(S(=O)(=O)n2c3c(c4cc(C)ccc42)[C@H]2CC[C@@H](C3)N2C)cc1. The Morgan fingerprint density at radius 1 is 0.963 bits per heavy atom. The number of hydrogen-bond donors (Lipinski definition) is 0. The topological polar surface area (TPSA) is 42.3 Å². The van der Waals surface area contributed by atoms with Crippen LogP contribution in [0.2, 0.25) is 0 Å². The highest BCUT2D eigenvalue weighted by Crippen LogP contribution is 2.47.